The Morgan fingerprint density at radius 1 is 1.17 bits per heavy atom. The number of hydrogen-bond acceptors (Lipinski definition) is 3. The van der Waals surface area contributed by atoms with Crippen molar-refractivity contribution in [2.45, 2.75) is 29.8 Å². The summed E-state index contributed by atoms with van der Waals surface area (Å²) in [6.07, 6.45) is 4.59. The zero-order valence-corrected chi connectivity index (χ0v) is 17.5. The number of ether oxygens (including phenoxy) is 1. The van der Waals surface area contributed by atoms with Crippen molar-refractivity contribution < 1.29 is 13.3 Å². The largest absolute Gasteiger partial charge is 0.377 e. The van der Waals surface area contributed by atoms with Crippen LogP contribution in [-0.4, -0.2) is 52.2 Å². The Bertz CT molecular complexity index is 981. The fourth-order valence-corrected chi connectivity index (χ4v) is 5.63. The number of rotatable bonds is 7. The van der Waals surface area contributed by atoms with Gasteiger partial charge in [0.15, 0.2) is 0 Å². The lowest BCUT2D eigenvalue weighted by atomic mass is 9.93. The van der Waals surface area contributed by atoms with Gasteiger partial charge >= 0.3 is 0 Å². The third-order valence-corrected chi connectivity index (χ3v) is 7.61. The van der Waals surface area contributed by atoms with Crippen LogP contribution in [0.25, 0.3) is 10.9 Å². The molecule has 1 aliphatic heterocycles. The van der Waals surface area contributed by atoms with Crippen molar-refractivity contribution in [3.05, 3.63) is 66.1 Å². The lowest BCUT2D eigenvalue weighted by molar-refractivity contribution is -0.0391. The first-order chi connectivity index (χ1) is 14.1. The Kier molecular flexibility index (Phi) is 6.13. The van der Waals surface area contributed by atoms with E-state index in [1.807, 2.05) is 36.5 Å². The highest BCUT2D eigenvalue weighted by atomic mass is 32.2. The molecule has 0 amide bonds. The number of halogens is 1. The monoisotopic (exact) mass is 414 g/mol. The van der Waals surface area contributed by atoms with E-state index < -0.39 is 10.8 Å². The van der Waals surface area contributed by atoms with E-state index in [0.29, 0.717) is 5.75 Å². The van der Waals surface area contributed by atoms with Gasteiger partial charge in [-0.15, -0.1) is 0 Å². The van der Waals surface area contributed by atoms with E-state index in [4.69, 9.17) is 4.74 Å². The van der Waals surface area contributed by atoms with E-state index in [1.54, 1.807) is 19.2 Å². The minimum atomic E-state index is -1.06. The molecule has 3 aromatic rings. The van der Waals surface area contributed by atoms with Crippen LogP contribution in [0.5, 0.6) is 0 Å². The van der Waals surface area contributed by atoms with Crippen LogP contribution in [-0.2, 0) is 22.0 Å². The van der Waals surface area contributed by atoms with Gasteiger partial charge in [0.25, 0.3) is 0 Å². The second-order valence-corrected chi connectivity index (χ2v) is 9.24. The predicted molar refractivity (Wildman–Crippen MR) is 115 cm³/mol. The number of aromatic nitrogens is 1. The van der Waals surface area contributed by atoms with Crippen LogP contribution in [0.1, 0.15) is 18.4 Å². The first kappa shape index (κ1) is 20.3. The molecule has 1 aliphatic rings. The number of hydrogen-bond donors (Lipinski definition) is 1. The van der Waals surface area contributed by atoms with E-state index in [-0.39, 0.29) is 11.4 Å². The van der Waals surface area contributed by atoms with Crippen molar-refractivity contribution in [3.63, 3.8) is 0 Å². The van der Waals surface area contributed by atoms with Crippen molar-refractivity contribution in [3.8, 4) is 0 Å². The van der Waals surface area contributed by atoms with Crippen LogP contribution in [0.2, 0.25) is 0 Å². The van der Waals surface area contributed by atoms with Gasteiger partial charge in [0.1, 0.15) is 5.82 Å². The summed E-state index contributed by atoms with van der Waals surface area (Å²) in [5.74, 6) is 0.330. The summed E-state index contributed by atoms with van der Waals surface area (Å²) in [4.78, 5) is 6.50. The number of nitrogens with one attached hydrogen (secondary N) is 1. The molecule has 0 radical (unpaired) electrons. The van der Waals surface area contributed by atoms with Crippen LogP contribution >= 0.6 is 0 Å². The number of aromatic amines is 1. The Labute approximate surface area is 173 Å². The molecule has 0 aliphatic carbocycles. The maximum atomic E-state index is 13.6. The Morgan fingerprint density at radius 2 is 1.93 bits per heavy atom. The highest BCUT2D eigenvalue weighted by Gasteiger charge is 2.36. The molecule has 2 aromatic carbocycles. The predicted octanol–water partition coefficient (Wildman–Crippen LogP) is 4.14. The number of H-pyrrole nitrogens is 1. The zero-order chi connectivity index (χ0) is 20.3. The van der Waals surface area contributed by atoms with E-state index in [0.717, 1.165) is 60.3 Å². The summed E-state index contributed by atoms with van der Waals surface area (Å²) in [6, 6.07) is 14.5. The number of benzene rings is 2. The number of nitrogens with zero attached hydrogens (tertiary/aromatic N) is 1. The lowest BCUT2D eigenvalue weighted by Gasteiger charge is -2.40. The fourth-order valence-electron chi connectivity index (χ4n) is 4.12. The highest BCUT2D eigenvalue weighted by Crippen LogP contribution is 2.29. The van der Waals surface area contributed by atoms with Gasteiger partial charge in [-0.3, -0.25) is 4.21 Å². The van der Waals surface area contributed by atoms with E-state index >= 15 is 0 Å². The summed E-state index contributed by atoms with van der Waals surface area (Å²) >= 11 is 0. The number of likely N-dealkylation sites (tertiary alicyclic amines) is 1. The molecule has 1 N–H and O–H groups in total. The summed E-state index contributed by atoms with van der Waals surface area (Å²) in [5.41, 5.74) is 1.79. The minimum absolute atomic E-state index is 0.201. The molecule has 1 unspecified atom stereocenters. The molecule has 2 heterocycles. The van der Waals surface area contributed by atoms with Gasteiger partial charge in [-0.2, -0.15) is 0 Å². The van der Waals surface area contributed by atoms with Crippen LogP contribution in [0.4, 0.5) is 4.39 Å². The second-order valence-electron chi connectivity index (χ2n) is 7.79. The van der Waals surface area contributed by atoms with E-state index in [2.05, 4.69) is 9.88 Å². The first-order valence-electron chi connectivity index (χ1n) is 10.0. The first-order valence-corrected chi connectivity index (χ1v) is 11.4. The van der Waals surface area contributed by atoms with Crippen LogP contribution in [0, 0.1) is 5.82 Å². The number of methoxy groups -OCH3 is 1. The van der Waals surface area contributed by atoms with E-state index in [9.17, 15) is 8.60 Å². The van der Waals surface area contributed by atoms with Gasteiger partial charge in [-0.25, -0.2) is 4.39 Å². The minimum Gasteiger partial charge on any atom is -0.377 e. The third kappa shape index (κ3) is 4.60. The smallest absolute Gasteiger partial charge is 0.123 e. The van der Waals surface area contributed by atoms with Gasteiger partial charge in [0.05, 0.1) is 22.2 Å². The molecule has 0 saturated carbocycles. The normalized spacial score (nSPS) is 18.1. The maximum Gasteiger partial charge on any atom is 0.123 e. The molecule has 1 atom stereocenters. The SMILES string of the molecule is COC1(CS(=O)c2ccccc2)CCN(CCc2c[nH]c3ccc(F)cc23)CC1. The topological polar surface area (TPSA) is 45.3 Å². The molecule has 4 rings (SSSR count). The molecular formula is C23H27FN2O2S. The average Bonchev–Trinajstić information content (AvgIpc) is 3.16. The van der Waals surface area contributed by atoms with Gasteiger partial charge in [0, 0.05) is 48.7 Å². The Hall–Kier alpha value is -2.02. The molecule has 29 heavy (non-hydrogen) atoms. The summed E-state index contributed by atoms with van der Waals surface area (Å²) < 4.78 is 32.2. The Morgan fingerprint density at radius 3 is 2.66 bits per heavy atom. The van der Waals surface area contributed by atoms with Crippen LogP contribution in [0.3, 0.4) is 0 Å². The van der Waals surface area contributed by atoms with Gasteiger partial charge in [0.2, 0.25) is 0 Å². The van der Waals surface area contributed by atoms with Crippen LogP contribution in [0.15, 0.2) is 59.6 Å². The standard InChI is InChI=1S/C23H27FN2O2S/c1-28-23(17-29(27)20-5-3-2-4-6-20)10-13-26(14-11-23)12-9-18-16-25-22-8-7-19(24)15-21(18)22/h2-8,15-16,25H,9-14,17H2,1H3. The van der Waals surface area contributed by atoms with Crippen molar-refractivity contribution in [1.82, 2.24) is 9.88 Å². The van der Waals surface area contributed by atoms with Gasteiger partial charge in [-0.1, -0.05) is 18.2 Å². The van der Waals surface area contributed by atoms with Crippen molar-refractivity contribution in [2.75, 3.05) is 32.5 Å². The maximum absolute atomic E-state index is 13.6. The summed E-state index contributed by atoms with van der Waals surface area (Å²) in [5, 5.41) is 0.964. The van der Waals surface area contributed by atoms with Crippen molar-refractivity contribution in [2.24, 2.45) is 0 Å². The molecule has 6 heteroatoms. The highest BCUT2D eigenvalue weighted by molar-refractivity contribution is 7.85. The molecule has 154 valence electrons. The molecule has 1 aromatic heterocycles. The zero-order valence-electron chi connectivity index (χ0n) is 16.7. The molecule has 0 spiro atoms. The van der Waals surface area contributed by atoms with E-state index in [1.165, 1.54) is 6.07 Å². The summed E-state index contributed by atoms with van der Waals surface area (Å²) in [7, 11) is 0.674. The van der Waals surface area contributed by atoms with Crippen molar-refractivity contribution in [1.29, 1.82) is 0 Å². The molecule has 4 nitrogen and oxygen atoms in total. The molecule has 0 bridgehead atoms. The van der Waals surface area contributed by atoms with Crippen LogP contribution < -0.4 is 0 Å². The quantitative estimate of drug-likeness (QED) is 0.632. The lowest BCUT2D eigenvalue weighted by Crippen LogP contribution is -2.49. The Balaban J connectivity index is 1.34. The fraction of sp³-hybridized carbons (Fsp3) is 0.391. The second kappa shape index (κ2) is 8.78. The van der Waals surface area contributed by atoms with Gasteiger partial charge < -0.3 is 14.6 Å². The number of piperidine rings is 1. The van der Waals surface area contributed by atoms with Crippen molar-refractivity contribution >= 4 is 21.7 Å². The third-order valence-electron chi connectivity index (χ3n) is 6.03. The molecule has 1 saturated heterocycles. The van der Waals surface area contributed by atoms with Gasteiger partial charge in [-0.05, 0) is 55.2 Å². The average molecular weight is 415 g/mol. The molecule has 1 fully saturated rings. The molecular weight excluding hydrogens is 387 g/mol. The summed E-state index contributed by atoms with van der Waals surface area (Å²) in [6.45, 7) is 2.75. The number of fused-ring (bicyclic) bond motifs is 1.